The second-order valence-corrected chi connectivity index (χ2v) is 8.05. The summed E-state index contributed by atoms with van der Waals surface area (Å²) in [6, 6.07) is 12.9. The smallest absolute Gasteiger partial charge is 0.235 e. The largest absolute Gasteiger partial charge is 0.493 e. The van der Waals surface area contributed by atoms with E-state index >= 15 is 0 Å². The van der Waals surface area contributed by atoms with Crippen LogP contribution in [0, 0.1) is 0 Å². The van der Waals surface area contributed by atoms with Gasteiger partial charge in [-0.1, -0.05) is 58.0 Å². The van der Waals surface area contributed by atoms with Crippen molar-refractivity contribution in [2.24, 2.45) is 0 Å². The highest BCUT2D eigenvalue weighted by Crippen LogP contribution is 2.32. The monoisotopic (exact) mass is 451 g/mol. The summed E-state index contributed by atoms with van der Waals surface area (Å²) in [6.45, 7) is 12.6. The van der Waals surface area contributed by atoms with E-state index in [0.717, 1.165) is 11.1 Å². The number of amides is 1. The van der Waals surface area contributed by atoms with Crippen LogP contribution in [0.1, 0.15) is 47.1 Å². The number of carbonyl (C=O) groups is 1. The van der Waals surface area contributed by atoms with Gasteiger partial charge in [0, 0.05) is 6.54 Å². The van der Waals surface area contributed by atoms with Gasteiger partial charge >= 0.3 is 0 Å². The predicted octanol–water partition coefficient (Wildman–Crippen LogP) is 4.86. The lowest BCUT2D eigenvalue weighted by atomic mass is 10.0. The first-order valence-electron chi connectivity index (χ1n) is 10.8. The van der Waals surface area contributed by atoms with Gasteiger partial charge in [0.05, 0.1) is 19.5 Å². The van der Waals surface area contributed by atoms with Crippen molar-refractivity contribution in [3.05, 3.63) is 48.0 Å². The number of nitrogens with one attached hydrogen (secondary N) is 1. The fourth-order valence-electron chi connectivity index (χ4n) is 2.67. The van der Waals surface area contributed by atoms with E-state index in [1.54, 1.807) is 26.2 Å². The first-order chi connectivity index (χ1) is 14.9. The van der Waals surface area contributed by atoms with Crippen molar-refractivity contribution in [2.75, 3.05) is 26.0 Å². The predicted molar refractivity (Wildman–Crippen MR) is 128 cm³/mol. The van der Waals surface area contributed by atoms with Gasteiger partial charge < -0.3 is 14.8 Å². The number of benzene rings is 2. The van der Waals surface area contributed by atoms with Crippen LogP contribution in [0.2, 0.25) is 0 Å². The molecular formula is C24H37NO5S. The summed E-state index contributed by atoms with van der Waals surface area (Å²) in [5.41, 5.74) is 2.51. The fourth-order valence-corrected chi connectivity index (χ4v) is 3.97. The second kappa shape index (κ2) is 15.3. The second-order valence-electron chi connectivity index (χ2n) is 5.98. The molecule has 1 N–H and O–H groups in total. The van der Waals surface area contributed by atoms with E-state index in [-0.39, 0.29) is 5.75 Å². The Labute approximate surface area is 187 Å². The number of hydrogen-bond donors (Lipinski definition) is 1. The maximum Gasteiger partial charge on any atom is 0.235 e. The lowest BCUT2D eigenvalue weighted by Gasteiger charge is -2.11. The Hall–Kier alpha value is -2.54. The summed E-state index contributed by atoms with van der Waals surface area (Å²) < 4.78 is 35.2. The van der Waals surface area contributed by atoms with Crippen molar-refractivity contribution in [1.82, 2.24) is 5.32 Å². The van der Waals surface area contributed by atoms with Crippen LogP contribution >= 0.6 is 0 Å². The molecule has 0 saturated heterocycles. The normalized spacial score (nSPS) is 10.0. The Balaban J connectivity index is 0.00000212. The molecule has 0 aliphatic carbocycles. The Morgan fingerprint density at radius 3 is 2.00 bits per heavy atom. The zero-order valence-electron chi connectivity index (χ0n) is 19.8. The topological polar surface area (TPSA) is 81.7 Å². The van der Waals surface area contributed by atoms with E-state index in [0.29, 0.717) is 30.2 Å². The molecule has 31 heavy (non-hydrogen) atoms. The van der Waals surface area contributed by atoms with Gasteiger partial charge in [0.25, 0.3) is 0 Å². The highest BCUT2D eigenvalue weighted by Gasteiger charge is 2.17. The number of methoxy groups -OCH3 is 1. The summed E-state index contributed by atoms with van der Waals surface area (Å²) in [5, 5.41) is 2.50. The van der Waals surface area contributed by atoms with Crippen LogP contribution in [0.25, 0.3) is 11.1 Å². The molecule has 0 heterocycles. The molecule has 0 spiro atoms. The van der Waals surface area contributed by atoms with Crippen LogP contribution in [0.4, 0.5) is 0 Å². The van der Waals surface area contributed by atoms with Crippen molar-refractivity contribution < 1.29 is 22.7 Å². The number of hydrogen-bond acceptors (Lipinski definition) is 5. The molecule has 0 aliphatic rings. The van der Waals surface area contributed by atoms with Gasteiger partial charge in [-0.3, -0.25) is 4.79 Å². The van der Waals surface area contributed by atoms with Crippen molar-refractivity contribution in [3.63, 3.8) is 0 Å². The molecule has 0 bridgehead atoms. The SMILES string of the molecule is CC.CC.CCNC(=O)CS(=O)(=O)Cc1ccc(-c2ccc(OC)c(OCC)c2)cc1. The molecule has 0 aliphatic heterocycles. The molecule has 174 valence electrons. The maximum atomic E-state index is 12.1. The minimum atomic E-state index is -3.51. The van der Waals surface area contributed by atoms with Crippen molar-refractivity contribution in [3.8, 4) is 22.6 Å². The average Bonchev–Trinajstić information content (AvgIpc) is 2.77. The van der Waals surface area contributed by atoms with Crippen molar-refractivity contribution in [1.29, 1.82) is 0 Å². The van der Waals surface area contributed by atoms with Gasteiger partial charge in [0.2, 0.25) is 5.91 Å². The van der Waals surface area contributed by atoms with Crippen LogP contribution in [0.5, 0.6) is 11.5 Å². The number of ether oxygens (including phenoxy) is 2. The molecule has 7 heteroatoms. The molecule has 2 aromatic carbocycles. The summed E-state index contributed by atoms with van der Waals surface area (Å²) in [6.07, 6.45) is 0. The summed E-state index contributed by atoms with van der Waals surface area (Å²) >= 11 is 0. The standard InChI is InChI=1S/C20H25NO5S.2C2H6/c1-4-21-20(22)14-27(23,24)13-15-6-8-16(9-7-15)17-10-11-18(25-3)19(12-17)26-5-2;2*1-2/h6-12H,4-5,13-14H2,1-3H3,(H,21,22);2*1-2H3. The van der Waals surface area contributed by atoms with Crippen LogP contribution in [0.3, 0.4) is 0 Å². The number of sulfone groups is 1. The van der Waals surface area contributed by atoms with Crippen LogP contribution in [0.15, 0.2) is 42.5 Å². The Kier molecular flexibility index (Phi) is 14.0. The quantitative estimate of drug-likeness (QED) is 0.588. The summed E-state index contributed by atoms with van der Waals surface area (Å²) in [4.78, 5) is 11.5. The zero-order valence-corrected chi connectivity index (χ0v) is 20.6. The molecule has 0 aromatic heterocycles. The van der Waals surface area contributed by atoms with E-state index in [4.69, 9.17) is 9.47 Å². The molecule has 6 nitrogen and oxygen atoms in total. The van der Waals surface area contributed by atoms with Crippen LogP contribution in [-0.4, -0.2) is 40.3 Å². The minimum absolute atomic E-state index is 0.169. The molecule has 1 amide bonds. The highest BCUT2D eigenvalue weighted by atomic mass is 32.2. The Morgan fingerprint density at radius 1 is 0.903 bits per heavy atom. The first-order valence-corrected chi connectivity index (χ1v) is 12.6. The van der Waals surface area contributed by atoms with E-state index in [1.165, 1.54) is 0 Å². The Morgan fingerprint density at radius 2 is 1.48 bits per heavy atom. The van der Waals surface area contributed by atoms with Gasteiger partial charge in [0.15, 0.2) is 21.3 Å². The van der Waals surface area contributed by atoms with E-state index in [9.17, 15) is 13.2 Å². The van der Waals surface area contributed by atoms with E-state index in [1.807, 2.05) is 65.0 Å². The minimum Gasteiger partial charge on any atom is -0.493 e. The third-order valence-corrected chi connectivity index (χ3v) is 5.34. The molecule has 2 rings (SSSR count). The Bertz CT molecular complexity index is 877. The highest BCUT2D eigenvalue weighted by molar-refractivity contribution is 7.91. The number of rotatable bonds is 9. The third-order valence-electron chi connectivity index (χ3n) is 3.86. The summed E-state index contributed by atoms with van der Waals surface area (Å²) in [7, 11) is -1.91. The first kappa shape index (κ1) is 28.5. The zero-order chi connectivity index (χ0) is 23.9. The molecule has 2 aromatic rings. The van der Waals surface area contributed by atoms with Gasteiger partial charge in [0.1, 0.15) is 5.75 Å². The van der Waals surface area contributed by atoms with Crippen LogP contribution < -0.4 is 14.8 Å². The molecule has 0 atom stereocenters. The summed E-state index contributed by atoms with van der Waals surface area (Å²) in [5.74, 6) is 0.172. The van der Waals surface area contributed by atoms with Crippen molar-refractivity contribution >= 4 is 15.7 Å². The third kappa shape index (κ3) is 9.87. The van der Waals surface area contributed by atoms with Gasteiger partial charge in [-0.2, -0.15) is 0 Å². The van der Waals surface area contributed by atoms with Gasteiger partial charge in [-0.15, -0.1) is 0 Å². The lowest BCUT2D eigenvalue weighted by molar-refractivity contribution is -0.118. The van der Waals surface area contributed by atoms with Gasteiger partial charge in [-0.25, -0.2) is 8.42 Å². The molecule has 0 unspecified atom stereocenters. The van der Waals surface area contributed by atoms with E-state index < -0.39 is 21.5 Å². The molecule has 0 fully saturated rings. The maximum absolute atomic E-state index is 12.1. The van der Waals surface area contributed by atoms with Crippen molar-refractivity contribution in [2.45, 2.75) is 47.3 Å². The molecule has 0 saturated carbocycles. The molecule has 0 radical (unpaired) electrons. The van der Waals surface area contributed by atoms with Gasteiger partial charge in [-0.05, 0) is 42.7 Å². The van der Waals surface area contributed by atoms with E-state index in [2.05, 4.69) is 5.32 Å². The average molecular weight is 452 g/mol. The van der Waals surface area contributed by atoms with Crippen LogP contribution in [-0.2, 0) is 20.4 Å². The number of carbonyl (C=O) groups excluding carboxylic acids is 1. The lowest BCUT2D eigenvalue weighted by Crippen LogP contribution is -2.30. The fraction of sp³-hybridized carbons (Fsp3) is 0.458. The molecular weight excluding hydrogens is 414 g/mol.